The lowest BCUT2D eigenvalue weighted by atomic mass is 10.2. The van der Waals surface area contributed by atoms with Crippen molar-refractivity contribution in [3.05, 3.63) is 0 Å². The molecule has 15 heavy (non-hydrogen) atoms. The summed E-state index contributed by atoms with van der Waals surface area (Å²) in [4.78, 5) is 11.0. The van der Waals surface area contributed by atoms with E-state index in [1.165, 1.54) is 6.92 Å². The third-order valence-corrected chi connectivity index (χ3v) is 2.66. The molecule has 0 aliphatic heterocycles. The molecule has 0 bridgehead atoms. The largest absolute Gasteiger partial charge is 0.426 e. The van der Waals surface area contributed by atoms with E-state index in [0.29, 0.717) is 14.2 Å². The maximum Gasteiger partial charge on any atom is 0.373 e. The Balaban J connectivity index is 4.21. The van der Waals surface area contributed by atoms with Gasteiger partial charge in [0.2, 0.25) is 0 Å². The Labute approximate surface area is 97.3 Å². The Hall–Kier alpha value is -0.0351. The number of hydrogen-bond acceptors (Lipinski definition) is 5. The van der Waals surface area contributed by atoms with Gasteiger partial charge in [-0.05, 0) is 27.7 Å². The third-order valence-electron chi connectivity index (χ3n) is 1.60. The van der Waals surface area contributed by atoms with E-state index in [0.717, 1.165) is 0 Å². The molecule has 0 radical (unpaired) electrons. The number of nitrogens with zero attached hydrogens (tertiary/aromatic N) is 1. The van der Waals surface area contributed by atoms with Gasteiger partial charge < -0.3 is 10.4 Å². The first-order valence-electron chi connectivity index (χ1n) is 4.95. The summed E-state index contributed by atoms with van der Waals surface area (Å²) < 4.78 is 7.14. The molecule has 0 aromatic heterocycles. The first-order valence-corrected chi connectivity index (χ1v) is 5.72. The first kappa shape index (κ1) is 15.0. The van der Waals surface area contributed by atoms with Crippen LogP contribution < -0.4 is 5.73 Å². The highest BCUT2D eigenvalue weighted by atomic mass is 32.2. The van der Waals surface area contributed by atoms with Gasteiger partial charge in [-0.3, -0.25) is 9.01 Å². The molecule has 0 aliphatic rings. The molecule has 0 rings (SSSR count). The molecule has 6 heteroatoms. The van der Waals surface area contributed by atoms with Crippen molar-refractivity contribution in [1.82, 2.24) is 4.22 Å². The number of nitrogens with two attached hydrogens (primary N) is 1. The van der Waals surface area contributed by atoms with Crippen LogP contribution in [0.25, 0.3) is 0 Å². The Morgan fingerprint density at radius 2 is 2.13 bits per heavy atom. The van der Waals surface area contributed by atoms with Crippen LogP contribution in [-0.4, -0.2) is 42.1 Å². The van der Waals surface area contributed by atoms with Gasteiger partial charge in [-0.25, -0.2) is 0 Å². The monoisotopic (exact) mass is 232 g/mol. The fourth-order valence-electron chi connectivity index (χ4n) is 0.996. The fourth-order valence-corrected chi connectivity index (χ4v) is 2.16. The molecule has 1 atom stereocenters. The van der Waals surface area contributed by atoms with E-state index >= 15 is 0 Å². The van der Waals surface area contributed by atoms with Gasteiger partial charge in [0.1, 0.15) is 5.78 Å². The van der Waals surface area contributed by atoms with Crippen LogP contribution in [0.3, 0.4) is 0 Å². The van der Waals surface area contributed by atoms with Crippen LogP contribution in [0, 0.1) is 0 Å². The van der Waals surface area contributed by atoms with E-state index in [4.69, 9.17) is 10.4 Å². The molecule has 4 nitrogen and oxygen atoms in total. The van der Waals surface area contributed by atoms with E-state index in [2.05, 4.69) is 20.8 Å². The number of carbonyl (C=O) groups is 1. The molecule has 0 fully saturated rings. The van der Waals surface area contributed by atoms with Crippen molar-refractivity contribution in [3.8, 4) is 0 Å². The van der Waals surface area contributed by atoms with Gasteiger partial charge in [0.25, 0.3) is 0 Å². The molecule has 0 spiro atoms. The average molecular weight is 232 g/mol. The summed E-state index contributed by atoms with van der Waals surface area (Å²) in [7, 11) is 2.11. The Morgan fingerprint density at radius 3 is 2.47 bits per heavy atom. The van der Waals surface area contributed by atoms with Crippen LogP contribution >= 0.6 is 11.9 Å². The summed E-state index contributed by atoms with van der Waals surface area (Å²) >= 11 is 1.65. The standard InChI is InChI=1S/C9H21BN2O2S/c1-7(13)8(11)6-12(10-14-5)15-9(2,3)4/h8,10H,6,11H2,1-5H3/t8-/m0/s1. The third kappa shape index (κ3) is 7.84. The molecule has 0 aromatic carbocycles. The van der Waals surface area contributed by atoms with E-state index < -0.39 is 6.04 Å². The average Bonchev–Trinajstić information content (AvgIpc) is 2.00. The molecule has 0 aliphatic carbocycles. The molecule has 0 saturated carbocycles. The highest BCUT2D eigenvalue weighted by molar-refractivity contribution is 7.99. The van der Waals surface area contributed by atoms with Crippen molar-refractivity contribution in [3.63, 3.8) is 0 Å². The molecule has 2 N–H and O–H groups in total. The first-order chi connectivity index (χ1) is 6.76. The molecule has 0 heterocycles. The summed E-state index contributed by atoms with van der Waals surface area (Å²) in [6.45, 7) is 8.36. The number of carbonyl (C=O) groups excluding carboxylic acids is 1. The summed E-state index contributed by atoms with van der Waals surface area (Å²) in [6.07, 6.45) is 0. The Bertz CT molecular complexity index is 209. The maximum atomic E-state index is 11.0. The van der Waals surface area contributed by atoms with Gasteiger partial charge in [-0.15, -0.1) is 0 Å². The number of Topliss-reactive ketones (excluding diaryl/α,β-unsaturated/α-hetero) is 1. The second-order valence-corrected chi connectivity index (χ2v) is 6.43. The summed E-state index contributed by atoms with van der Waals surface area (Å²) in [5.74, 6) is 0.00520. The van der Waals surface area contributed by atoms with Crippen LogP contribution in [0.4, 0.5) is 0 Å². The predicted molar refractivity (Wildman–Crippen MR) is 66.9 cm³/mol. The lowest BCUT2D eigenvalue weighted by Gasteiger charge is -2.28. The second kappa shape index (κ2) is 6.53. The summed E-state index contributed by atoms with van der Waals surface area (Å²) in [6, 6.07) is -0.435. The van der Waals surface area contributed by atoms with Crippen molar-refractivity contribution >= 4 is 25.3 Å². The smallest absolute Gasteiger partial charge is 0.373 e. The van der Waals surface area contributed by atoms with Crippen LogP contribution in [0.15, 0.2) is 0 Å². The fraction of sp³-hybridized carbons (Fsp3) is 0.889. The minimum absolute atomic E-state index is 0.00520. The van der Waals surface area contributed by atoms with Crippen molar-refractivity contribution in [2.45, 2.75) is 38.5 Å². The van der Waals surface area contributed by atoms with Crippen LogP contribution in [-0.2, 0) is 9.45 Å². The zero-order valence-electron chi connectivity index (χ0n) is 10.2. The molecule has 0 saturated heterocycles. The lowest BCUT2D eigenvalue weighted by molar-refractivity contribution is -0.118. The van der Waals surface area contributed by atoms with Gasteiger partial charge in [0, 0.05) is 18.4 Å². The molecule has 0 unspecified atom stereocenters. The Kier molecular flexibility index (Phi) is 6.51. The molecule has 0 aromatic rings. The van der Waals surface area contributed by atoms with Crippen molar-refractivity contribution < 1.29 is 9.45 Å². The molecular weight excluding hydrogens is 211 g/mol. The number of ketones is 1. The van der Waals surface area contributed by atoms with Gasteiger partial charge in [0.05, 0.1) is 6.04 Å². The molecular formula is C9H21BN2O2S. The van der Waals surface area contributed by atoms with E-state index in [-0.39, 0.29) is 10.5 Å². The topological polar surface area (TPSA) is 55.6 Å². The van der Waals surface area contributed by atoms with E-state index in [1.54, 1.807) is 19.1 Å². The SMILES string of the molecule is COBN(C[C@H](N)C(C)=O)SC(C)(C)C. The van der Waals surface area contributed by atoms with Crippen LogP contribution in [0.2, 0.25) is 0 Å². The normalized spacial score (nSPS) is 14.1. The minimum Gasteiger partial charge on any atom is -0.426 e. The predicted octanol–water partition coefficient (Wildman–Crippen LogP) is 0.564. The van der Waals surface area contributed by atoms with Crippen molar-refractivity contribution in [1.29, 1.82) is 0 Å². The lowest BCUT2D eigenvalue weighted by Crippen LogP contribution is -2.42. The molecule has 0 amide bonds. The van der Waals surface area contributed by atoms with Gasteiger partial charge >= 0.3 is 7.62 Å². The zero-order valence-corrected chi connectivity index (χ0v) is 11.1. The van der Waals surface area contributed by atoms with Gasteiger partial charge in [-0.1, -0.05) is 11.9 Å². The highest BCUT2D eigenvalue weighted by Gasteiger charge is 2.21. The zero-order chi connectivity index (χ0) is 12.1. The van der Waals surface area contributed by atoms with Crippen LogP contribution in [0.5, 0.6) is 0 Å². The van der Waals surface area contributed by atoms with E-state index in [1.807, 2.05) is 4.22 Å². The minimum atomic E-state index is -0.435. The summed E-state index contributed by atoms with van der Waals surface area (Å²) in [5, 5.41) is 0. The van der Waals surface area contributed by atoms with Gasteiger partial charge in [-0.2, -0.15) is 0 Å². The van der Waals surface area contributed by atoms with Crippen molar-refractivity contribution in [2.24, 2.45) is 5.73 Å². The molecule has 88 valence electrons. The number of hydrogen-bond donors (Lipinski definition) is 1. The van der Waals surface area contributed by atoms with E-state index in [9.17, 15) is 4.79 Å². The Morgan fingerprint density at radius 1 is 1.60 bits per heavy atom. The van der Waals surface area contributed by atoms with Crippen molar-refractivity contribution in [2.75, 3.05) is 13.7 Å². The van der Waals surface area contributed by atoms with Gasteiger partial charge in [0.15, 0.2) is 0 Å². The van der Waals surface area contributed by atoms with Crippen LogP contribution in [0.1, 0.15) is 27.7 Å². The highest BCUT2D eigenvalue weighted by Crippen LogP contribution is 2.26. The second-order valence-electron chi connectivity index (χ2n) is 4.50. The number of rotatable bonds is 6. The maximum absolute atomic E-state index is 11.0. The summed E-state index contributed by atoms with van der Waals surface area (Å²) in [5.41, 5.74) is 5.71. The quantitative estimate of drug-likeness (QED) is 0.535.